The van der Waals surface area contributed by atoms with E-state index in [9.17, 15) is 4.79 Å². The number of thiophene rings is 1. The van der Waals surface area contributed by atoms with Crippen LogP contribution in [0.1, 0.15) is 57.9 Å². The Bertz CT molecular complexity index is 709. The number of hydrogen-bond acceptors (Lipinski definition) is 4. The van der Waals surface area contributed by atoms with Gasteiger partial charge in [0, 0.05) is 17.5 Å². The Balaban J connectivity index is 0.000000593. The van der Waals surface area contributed by atoms with Crippen molar-refractivity contribution in [3.63, 3.8) is 0 Å². The Morgan fingerprint density at radius 2 is 1.83 bits per heavy atom. The fraction of sp³-hybridized carbons (Fsp3) is 0.368. The number of anilines is 1. The van der Waals surface area contributed by atoms with Gasteiger partial charge in [0.1, 0.15) is 6.07 Å². The van der Waals surface area contributed by atoms with E-state index in [4.69, 9.17) is 5.26 Å². The van der Waals surface area contributed by atoms with Crippen molar-refractivity contribution in [3.05, 3.63) is 50.7 Å². The van der Waals surface area contributed by atoms with Crippen molar-refractivity contribution in [2.75, 3.05) is 12.4 Å². The minimum atomic E-state index is -0.0305. The van der Waals surface area contributed by atoms with E-state index in [2.05, 4.69) is 25.2 Å². The molecule has 1 aromatic carbocycles. The monoisotopic (exact) mass is 328 g/mol. The molecule has 2 aromatic rings. The van der Waals surface area contributed by atoms with Crippen molar-refractivity contribution in [2.45, 2.75) is 40.5 Å². The molecule has 0 saturated heterocycles. The normalized spacial score (nSPS) is 9.57. The Morgan fingerprint density at radius 3 is 2.30 bits per heavy atom. The zero-order chi connectivity index (χ0) is 17.4. The van der Waals surface area contributed by atoms with E-state index in [-0.39, 0.29) is 5.78 Å². The molecular weight excluding hydrogens is 304 g/mol. The summed E-state index contributed by atoms with van der Waals surface area (Å²) in [6.45, 7) is 8.14. The van der Waals surface area contributed by atoms with Gasteiger partial charge in [-0.05, 0) is 19.4 Å². The SMILES string of the molecule is CCCC.CNc1c(C(=O)c2ccccc2C)sc(C)c1C#N. The van der Waals surface area contributed by atoms with Crippen LogP contribution in [-0.2, 0) is 0 Å². The quantitative estimate of drug-likeness (QED) is 0.773. The third-order valence-electron chi connectivity index (χ3n) is 3.54. The molecule has 0 unspecified atom stereocenters. The molecule has 0 amide bonds. The molecule has 0 atom stereocenters. The number of rotatable bonds is 4. The summed E-state index contributed by atoms with van der Waals surface area (Å²) in [7, 11) is 1.73. The molecule has 0 aliphatic heterocycles. The summed E-state index contributed by atoms with van der Waals surface area (Å²) < 4.78 is 0. The predicted molar refractivity (Wildman–Crippen MR) is 98.5 cm³/mol. The summed E-state index contributed by atoms with van der Waals surface area (Å²) >= 11 is 1.37. The van der Waals surface area contributed by atoms with Crippen LogP contribution in [0.2, 0.25) is 0 Å². The molecule has 0 radical (unpaired) electrons. The fourth-order valence-electron chi connectivity index (χ4n) is 2.03. The highest BCUT2D eigenvalue weighted by Crippen LogP contribution is 2.34. The molecular formula is C19H24N2OS. The second-order valence-electron chi connectivity index (χ2n) is 5.24. The van der Waals surface area contributed by atoms with Crippen LogP contribution in [0.5, 0.6) is 0 Å². The van der Waals surface area contributed by atoms with Crippen LogP contribution < -0.4 is 5.32 Å². The van der Waals surface area contributed by atoms with Crippen LogP contribution in [0.15, 0.2) is 24.3 Å². The molecule has 0 bridgehead atoms. The summed E-state index contributed by atoms with van der Waals surface area (Å²) in [6, 6.07) is 9.64. The van der Waals surface area contributed by atoms with Crippen molar-refractivity contribution < 1.29 is 4.79 Å². The summed E-state index contributed by atoms with van der Waals surface area (Å²) in [5.41, 5.74) is 2.83. The molecule has 0 aliphatic carbocycles. The van der Waals surface area contributed by atoms with E-state index in [1.165, 1.54) is 24.2 Å². The third-order valence-corrected chi connectivity index (χ3v) is 4.65. The number of hydrogen-bond donors (Lipinski definition) is 1. The lowest BCUT2D eigenvalue weighted by Gasteiger charge is -2.05. The van der Waals surface area contributed by atoms with Crippen LogP contribution in [0.25, 0.3) is 0 Å². The number of aryl methyl sites for hydroxylation is 2. The van der Waals surface area contributed by atoms with Crippen LogP contribution in [-0.4, -0.2) is 12.8 Å². The van der Waals surface area contributed by atoms with Gasteiger partial charge >= 0.3 is 0 Å². The minimum Gasteiger partial charge on any atom is -0.386 e. The lowest BCUT2D eigenvalue weighted by Crippen LogP contribution is -2.04. The average molecular weight is 328 g/mol. The lowest BCUT2D eigenvalue weighted by molar-refractivity contribution is 0.104. The van der Waals surface area contributed by atoms with Gasteiger partial charge in [-0.2, -0.15) is 5.26 Å². The van der Waals surface area contributed by atoms with Gasteiger partial charge < -0.3 is 5.32 Å². The predicted octanol–water partition coefficient (Wildman–Crippen LogP) is 5.32. The summed E-state index contributed by atoms with van der Waals surface area (Å²) in [5, 5.41) is 12.1. The highest BCUT2D eigenvalue weighted by Gasteiger charge is 2.22. The van der Waals surface area contributed by atoms with E-state index in [1.807, 2.05) is 38.1 Å². The van der Waals surface area contributed by atoms with Gasteiger partial charge in [0.05, 0.1) is 16.1 Å². The number of nitrogens with zero attached hydrogens (tertiary/aromatic N) is 1. The number of nitrogens with one attached hydrogen (secondary N) is 1. The molecule has 1 heterocycles. The molecule has 1 aromatic heterocycles. The van der Waals surface area contributed by atoms with Gasteiger partial charge in [-0.15, -0.1) is 11.3 Å². The number of nitriles is 1. The Kier molecular flexibility index (Phi) is 7.50. The second kappa shape index (κ2) is 9.12. The van der Waals surface area contributed by atoms with Crippen LogP contribution in [0.4, 0.5) is 5.69 Å². The van der Waals surface area contributed by atoms with Crippen molar-refractivity contribution in [1.82, 2.24) is 0 Å². The number of ketones is 1. The van der Waals surface area contributed by atoms with Crippen molar-refractivity contribution >= 4 is 22.8 Å². The van der Waals surface area contributed by atoms with Crippen molar-refractivity contribution in [3.8, 4) is 6.07 Å². The molecule has 0 saturated carbocycles. The zero-order valence-electron chi connectivity index (χ0n) is 14.5. The highest BCUT2D eigenvalue weighted by atomic mass is 32.1. The maximum atomic E-state index is 12.6. The van der Waals surface area contributed by atoms with E-state index in [0.717, 1.165) is 10.4 Å². The molecule has 0 aliphatic rings. The molecule has 0 spiro atoms. The maximum absolute atomic E-state index is 12.6. The van der Waals surface area contributed by atoms with E-state index >= 15 is 0 Å². The van der Waals surface area contributed by atoms with E-state index < -0.39 is 0 Å². The van der Waals surface area contributed by atoms with Gasteiger partial charge in [-0.3, -0.25) is 4.79 Å². The maximum Gasteiger partial charge on any atom is 0.205 e. The molecule has 0 fully saturated rings. The highest BCUT2D eigenvalue weighted by molar-refractivity contribution is 7.15. The number of benzene rings is 1. The van der Waals surface area contributed by atoms with Gasteiger partial charge in [-0.1, -0.05) is 51.0 Å². The molecule has 122 valence electrons. The first kappa shape index (κ1) is 18.9. The zero-order valence-corrected chi connectivity index (χ0v) is 15.3. The number of unbranched alkanes of at least 4 members (excludes halogenated alkanes) is 1. The first-order chi connectivity index (χ1) is 11.0. The van der Waals surface area contributed by atoms with Crippen LogP contribution in [0, 0.1) is 25.2 Å². The van der Waals surface area contributed by atoms with Gasteiger partial charge in [-0.25, -0.2) is 0 Å². The van der Waals surface area contributed by atoms with Gasteiger partial charge in [0.25, 0.3) is 0 Å². The molecule has 4 heteroatoms. The van der Waals surface area contributed by atoms with Gasteiger partial charge in [0.15, 0.2) is 0 Å². The van der Waals surface area contributed by atoms with Crippen molar-refractivity contribution in [2.24, 2.45) is 0 Å². The fourth-order valence-corrected chi connectivity index (χ4v) is 3.09. The Hall–Kier alpha value is -2.12. The molecule has 3 nitrogen and oxygen atoms in total. The molecule has 23 heavy (non-hydrogen) atoms. The third kappa shape index (κ3) is 4.43. The number of carbonyl (C=O) groups is 1. The number of carbonyl (C=O) groups excluding carboxylic acids is 1. The second-order valence-corrected chi connectivity index (χ2v) is 6.47. The largest absolute Gasteiger partial charge is 0.386 e. The standard InChI is InChI=1S/C15H14N2OS.C4H10/c1-9-6-4-5-7-11(9)14(18)15-13(17-3)12(8-16)10(2)19-15;1-3-4-2/h4-7,17H,1-3H3;3-4H2,1-2H3. The Morgan fingerprint density at radius 1 is 1.22 bits per heavy atom. The average Bonchev–Trinajstić information content (AvgIpc) is 2.90. The van der Waals surface area contributed by atoms with Crippen LogP contribution >= 0.6 is 11.3 Å². The summed E-state index contributed by atoms with van der Waals surface area (Å²) in [5.74, 6) is -0.0305. The minimum absolute atomic E-state index is 0.0305. The Labute approximate surface area is 143 Å². The van der Waals surface area contributed by atoms with E-state index in [1.54, 1.807) is 7.05 Å². The topological polar surface area (TPSA) is 52.9 Å². The first-order valence-corrected chi connectivity index (χ1v) is 8.64. The molecule has 1 N–H and O–H groups in total. The van der Waals surface area contributed by atoms with Crippen molar-refractivity contribution in [1.29, 1.82) is 5.26 Å². The van der Waals surface area contributed by atoms with E-state index in [0.29, 0.717) is 21.7 Å². The lowest BCUT2D eigenvalue weighted by atomic mass is 10.0. The molecule has 2 rings (SSSR count). The van der Waals surface area contributed by atoms with Crippen LogP contribution in [0.3, 0.4) is 0 Å². The summed E-state index contributed by atoms with van der Waals surface area (Å²) in [6.07, 6.45) is 2.64. The van der Waals surface area contributed by atoms with Gasteiger partial charge in [0.2, 0.25) is 5.78 Å². The smallest absolute Gasteiger partial charge is 0.205 e. The first-order valence-electron chi connectivity index (χ1n) is 7.83. The summed E-state index contributed by atoms with van der Waals surface area (Å²) in [4.78, 5) is 14.1.